The average Bonchev–Trinajstić information content (AvgIpc) is 2.93. The minimum absolute atomic E-state index is 0.0450. The molecule has 4 aliphatic rings. The fraction of sp³-hybridized carbons (Fsp3) is 0.708. The second kappa shape index (κ2) is 7.75. The van der Waals surface area contributed by atoms with E-state index in [2.05, 4.69) is 15.9 Å². The van der Waals surface area contributed by atoms with E-state index in [0.29, 0.717) is 0 Å². The molecule has 7 nitrogen and oxygen atoms in total. The molecule has 0 aliphatic heterocycles. The number of carboxylic acids is 1. The number of carbonyl (C=O) groups excluding carboxylic acids is 2. The van der Waals surface area contributed by atoms with Crippen molar-refractivity contribution in [1.29, 1.82) is 0 Å². The van der Waals surface area contributed by atoms with Crippen LogP contribution in [0.25, 0.3) is 0 Å². The van der Waals surface area contributed by atoms with Crippen LogP contribution in [-0.2, 0) is 14.4 Å². The molecule has 1 unspecified atom stereocenters. The van der Waals surface area contributed by atoms with Crippen molar-refractivity contribution in [2.75, 3.05) is 0 Å². The molecule has 0 bridgehead atoms. The summed E-state index contributed by atoms with van der Waals surface area (Å²) in [5.74, 6) is -5.66. The third-order valence-corrected chi connectivity index (χ3v) is 9.93. The lowest BCUT2D eigenvalue weighted by Crippen LogP contribution is -2.71. The number of aliphatic hydroxyl groups excluding tert-OH is 2. The van der Waals surface area contributed by atoms with E-state index in [4.69, 9.17) is 5.11 Å². The van der Waals surface area contributed by atoms with Gasteiger partial charge in [-0.2, -0.15) is 0 Å². The topological polar surface area (TPSA) is 132 Å². The number of hydrogen-bond donors (Lipinski definition) is 4. The van der Waals surface area contributed by atoms with Gasteiger partial charge in [-0.15, -0.1) is 0 Å². The number of allylic oxidation sites excluding steroid dienone is 4. The van der Waals surface area contributed by atoms with Gasteiger partial charge in [-0.25, -0.2) is 8.78 Å². The van der Waals surface area contributed by atoms with Crippen molar-refractivity contribution < 1.29 is 43.6 Å². The van der Waals surface area contributed by atoms with Crippen LogP contribution in [0, 0.1) is 28.6 Å². The van der Waals surface area contributed by atoms with Gasteiger partial charge in [-0.05, 0) is 65.6 Å². The second-order valence-electron chi connectivity index (χ2n) is 10.9. The van der Waals surface area contributed by atoms with Gasteiger partial charge in [0.05, 0.1) is 17.0 Å². The maximum Gasteiger partial charge on any atom is 0.306 e. The monoisotopic (exact) mass is 546 g/mol. The number of ketones is 2. The first-order valence-electron chi connectivity index (χ1n) is 11.4. The lowest BCUT2D eigenvalue weighted by Gasteiger charge is -2.63. The van der Waals surface area contributed by atoms with Crippen LogP contribution in [0.15, 0.2) is 22.2 Å². The summed E-state index contributed by atoms with van der Waals surface area (Å²) in [5.41, 5.74) is -7.75. The van der Waals surface area contributed by atoms with E-state index in [1.54, 1.807) is 6.92 Å². The van der Waals surface area contributed by atoms with Crippen molar-refractivity contribution in [2.45, 2.75) is 76.1 Å². The van der Waals surface area contributed by atoms with Gasteiger partial charge in [0, 0.05) is 16.7 Å². The lowest BCUT2D eigenvalue weighted by molar-refractivity contribution is -0.225. The molecule has 0 aromatic rings. The minimum atomic E-state index is -2.39. The van der Waals surface area contributed by atoms with Gasteiger partial charge in [-0.1, -0.05) is 19.9 Å². The molecule has 10 heteroatoms. The number of alkyl halides is 2. The number of carboxylic acid groups (broad SMARTS) is 1. The van der Waals surface area contributed by atoms with Gasteiger partial charge >= 0.3 is 5.97 Å². The van der Waals surface area contributed by atoms with Gasteiger partial charge in [0.15, 0.2) is 17.2 Å². The molecule has 3 fully saturated rings. The average molecular weight is 547 g/mol. The quantitative estimate of drug-likeness (QED) is 0.425. The molecule has 0 amide bonds. The number of aliphatic hydroxyl groups is 3. The molecule has 0 aromatic heterocycles. The van der Waals surface area contributed by atoms with Crippen molar-refractivity contribution in [3.05, 3.63) is 22.2 Å². The number of Topliss-reactive ketones (excluding diaryl/α,β-unsaturated/α-hetero) is 1. The zero-order valence-electron chi connectivity index (χ0n) is 19.1. The summed E-state index contributed by atoms with van der Waals surface area (Å²) in [6.45, 7) is 4.52. The second-order valence-corrected chi connectivity index (χ2v) is 11.7. The van der Waals surface area contributed by atoms with Gasteiger partial charge in [-0.3, -0.25) is 14.4 Å². The van der Waals surface area contributed by atoms with Crippen molar-refractivity contribution in [3.63, 3.8) is 0 Å². The molecular formula is C24H29BrF2O7. The predicted molar refractivity (Wildman–Crippen MR) is 119 cm³/mol. The first-order valence-corrected chi connectivity index (χ1v) is 12.2. The standard InChI is InChI=1S/C24H29BrF2O7/c1-10-4-11-12-5-15(26)13-6-16(28)14(25)8-21(13,2)23(12,27)18(30)9-22(11,3)24(10,34)20(33)17(29)7-19(31)32/h6,8,10-12,15,17-18,29-30,34H,4-5,7,9H2,1-3H3,(H,31,32)/t10-,11+,12+,15-,17?,18+,21+,22+,23+,24+/m1/s1. The zero-order valence-corrected chi connectivity index (χ0v) is 20.7. The summed E-state index contributed by atoms with van der Waals surface area (Å²) in [7, 11) is 0. The number of hydrogen-bond acceptors (Lipinski definition) is 6. The molecule has 34 heavy (non-hydrogen) atoms. The molecular weight excluding hydrogens is 518 g/mol. The molecule has 0 saturated heterocycles. The minimum Gasteiger partial charge on any atom is -0.481 e. The zero-order chi connectivity index (χ0) is 25.6. The fourth-order valence-corrected chi connectivity index (χ4v) is 8.20. The molecule has 4 rings (SSSR count). The van der Waals surface area contributed by atoms with E-state index in [1.807, 2.05) is 0 Å². The highest BCUT2D eigenvalue weighted by molar-refractivity contribution is 9.12. The van der Waals surface area contributed by atoms with Gasteiger partial charge in [0.2, 0.25) is 0 Å². The largest absolute Gasteiger partial charge is 0.481 e. The Balaban J connectivity index is 1.82. The van der Waals surface area contributed by atoms with Crippen LogP contribution in [0.2, 0.25) is 0 Å². The van der Waals surface area contributed by atoms with E-state index in [1.165, 1.54) is 19.9 Å². The Morgan fingerprint density at radius 2 is 1.88 bits per heavy atom. The van der Waals surface area contributed by atoms with Crippen molar-refractivity contribution >= 4 is 33.5 Å². The maximum atomic E-state index is 17.2. The molecule has 0 heterocycles. The third-order valence-electron chi connectivity index (χ3n) is 9.32. The molecule has 10 atom stereocenters. The smallest absolute Gasteiger partial charge is 0.306 e. The van der Waals surface area contributed by atoms with Crippen LogP contribution < -0.4 is 0 Å². The van der Waals surface area contributed by atoms with E-state index in [-0.39, 0.29) is 29.3 Å². The highest BCUT2D eigenvalue weighted by Gasteiger charge is 2.77. The fourth-order valence-electron chi connectivity index (χ4n) is 7.63. The highest BCUT2D eigenvalue weighted by atomic mass is 79.9. The Bertz CT molecular complexity index is 1030. The number of aliphatic carboxylic acids is 1. The van der Waals surface area contributed by atoms with E-state index in [0.717, 1.165) is 6.08 Å². The van der Waals surface area contributed by atoms with Crippen LogP contribution in [0.3, 0.4) is 0 Å². The Labute approximate surface area is 204 Å². The van der Waals surface area contributed by atoms with Crippen LogP contribution in [0.5, 0.6) is 0 Å². The number of fused-ring (bicyclic) bond motifs is 5. The summed E-state index contributed by atoms with van der Waals surface area (Å²) in [6.07, 6.45) is -4.50. The summed E-state index contributed by atoms with van der Waals surface area (Å²) in [4.78, 5) is 36.4. The number of carbonyl (C=O) groups is 3. The van der Waals surface area contributed by atoms with Gasteiger partial charge in [0.25, 0.3) is 0 Å². The molecule has 4 N–H and O–H groups in total. The van der Waals surface area contributed by atoms with Crippen LogP contribution in [0.4, 0.5) is 8.78 Å². The maximum absolute atomic E-state index is 17.2. The number of halogens is 3. The number of rotatable bonds is 4. The Hall–Kier alpha value is -1.49. The molecule has 3 saturated carbocycles. The summed E-state index contributed by atoms with van der Waals surface area (Å²) >= 11 is 3.12. The van der Waals surface area contributed by atoms with Gasteiger partial charge in [0.1, 0.15) is 17.9 Å². The summed E-state index contributed by atoms with van der Waals surface area (Å²) < 4.78 is 32.7. The summed E-state index contributed by atoms with van der Waals surface area (Å²) in [6, 6.07) is 0. The van der Waals surface area contributed by atoms with Crippen LogP contribution >= 0.6 is 15.9 Å². The van der Waals surface area contributed by atoms with E-state index in [9.17, 15) is 29.7 Å². The Morgan fingerprint density at radius 1 is 1.26 bits per heavy atom. The van der Waals surface area contributed by atoms with Gasteiger partial charge < -0.3 is 20.4 Å². The van der Waals surface area contributed by atoms with Crippen molar-refractivity contribution in [3.8, 4) is 0 Å². The predicted octanol–water partition coefficient (Wildman–Crippen LogP) is 2.41. The molecule has 4 aliphatic carbocycles. The SMILES string of the molecule is C[C@@H]1C[C@H]2[C@@H]3C[C@@H](F)C4=CC(=O)C(Br)=C[C@]4(C)[C@@]3(F)[C@@H](O)C[C@]2(C)[C@@]1(O)C(=O)C(O)CC(=O)O. The first-order chi connectivity index (χ1) is 15.6. The van der Waals surface area contributed by atoms with Crippen molar-refractivity contribution in [1.82, 2.24) is 0 Å². The van der Waals surface area contributed by atoms with Crippen molar-refractivity contribution in [2.24, 2.45) is 28.6 Å². The third kappa shape index (κ3) is 2.97. The molecule has 0 aromatic carbocycles. The normalized spacial score (nSPS) is 48.7. The van der Waals surface area contributed by atoms with Crippen LogP contribution in [0.1, 0.15) is 46.5 Å². The molecule has 0 spiro atoms. The lowest BCUT2D eigenvalue weighted by atomic mass is 9.44. The van der Waals surface area contributed by atoms with E-state index >= 15 is 8.78 Å². The summed E-state index contributed by atoms with van der Waals surface area (Å²) in [5, 5.41) is 42.2. The highest BCUT2D eigenvalue weighted by Crippen LogP contribution is 2.71. The first kappa shape index (κ1) is 25.6. The molecule has 0 radical (unpaired) electrons. The Kier molecular flexibility index (Phi) is 5.84. The molecule has 188 valence electrons. The van der Waals surface area contributed by atoms with Crippen LogP contribution in [-0.4, -0.2) is 67.6 Å². The Morgan fingerprint density at radius 3 is 2.47 bits per heavy atom. The van der Waals surface area contributed by atoms with E-state index < -0.39 is 82.2 Å².